The number of H-pyrrole nitrogens is 1. The van der Waals surface area contributed by atoms with Crippen molar-refractivity contribution in [3.8, 4) is 10.4 Å². The number of aromatic nitrogens is 1. The Morgan fingerprint density at radius 2 is 1.86 bits per heavy atom. The highest BCUT2D eigenvalue weighted by Gasteiger charge is 2.26. The summed E-state index contributed by atoms with van der Waals surface area (Å²) in [6, 6.07) is 16.5. The number of ketones is 1. The number of aliphatic carboxylic acids is 1. The third kappa shape index (κ3) is 3.23. The molecule has 0 aliphatic rings. The molecule has 28 heavy (non-hydrogen) atoms. The zero-order valence-corrected chi connectivity index (χ0v) is 16.5. The highest BCUT2D eigenvalue weighted by atomic mass is 35.5. The Bertz CT molecular complexity index is 1180. The number of fused-ring (bicyclic) bond motifs is 1. The Hall–Kier alpha value is -2.89. The van der Waals surface area contributed by atoms with E-state index in [1.54, 1.807) is 48.6 Å². The molecule has 2 aromatic carbocycles. The van der Waals surface area contributed by atoms with Crippen molar-refractivity contribution in [2.24, 2.45) is 0 Å². The fourth-order valence-electron chi connectivity index (χ4n) is 3.32. The lowest BCUT2D eigenvalue weighted by Gasteiger charge is -2.09. The number of carbonyl (C=O) groups is 2. The van der Waals surface area contributed by atoms with Gasteiger partial charge in [-0.2, -0.15) is 0 Å². The van der Waals surface area contributed by atoms with Crippen LogP contribution in [-0.2, 0) is 4.79 Å². The first kappa shape index (κ1) is 18.5. The number of carbonyl (C=O) groups excluding carboxylic acids is 1. The Morgan fingerprint density at radius 3 is 2.50 bits per heavy atom. The molecule has 0 amide bonds. The van der Waals surface area contributed by atoms with Crippen LogP contribution in [0.15, 0.2) is 60.0 Å². The number of carboxylic acids is 1. The minimum atomic E-state index is -0.988. The molecule has 0 aliphatic carbocycles. The van der Waals surface area contributed by atoms with E-state index in [1.165, 1.54) is 0 Å². The van der Waals surface area contributed by atoms with E-state index in [4.69, 9.17) is 11.6 Å². The molecule has 0 bridgehead atoms. The summed E-state index contributed by atoms with van der Waals surface area (Å²) >= 11 is 7.70. The number of carboxylic acid groups (broad SMARTS) is 1. The van der Waals surface area contributed by atoms with Gasteiger partial charge < -0.3 is 10.1 Å². The first-order valence-corrected chi connectivity index (χ1v) is 9.94. The van der Waals surface area contributed by atoms with Gasteiger partial charge in [-0.3, -0.25) is 9.59 Å². The minimum absolute atomic E-state index is 0.242. The average molecular weight is 410 g/mol. The molecule has 2 N–H and O–H groups in total. The fraction of sp³-hybridized carbons (Fsp3) is 0.0909. The highest BCUT2D eigenvalue weighted by molar-refractivity contribution is 7.13. The molecular weight excluding hydrogens is 394 g/mol. The van der Waals surface area contributed by atoms with E-state index in [0.717, 1.165) is 10.4 Å². The lowest BCUT2D eigenvalue weighted by atomic mass is 9.94. The molecule has 4 nitrogen and oxygen atoms in total. The number of benzene rings is 2. The van der Waals surface area contributed by atoms with Crippen LogP contribution in [0, 0.1) is 0 Å². The van der Waals surface area contributed by atoms with E-state index in [1.807, 2.05) is 29.6 Å². The van der Waals surface area contributed by atoms with E-state index < -0.39 is 11.9 Å². The van der Waals surface area contributed by atoms with Crippen molar-refractivity contribution in [1.82, 2.24) is 4.98 Å². The topological polar surface area (TPSA) is 70.2 Å². The van der Waals surface area contributed by atoms with Crippen LogP contribution in [0.2, 0.25) is 5.02 Å². The molecule has 4 aromatic rings. The maximum Gasteiger partial charge on any atom is 0.310 e. The summed E-state index contributed by atoms with van der Waals surface area (Å²) in [5, 5.41) is 12.7. The molecule has 1 atom stereocenters. The lowest BCUT2D eigenvalue weighted by molar-refractivity contribution is -0.138. The number of nitrogens with one attached hydrogen (secondary N) is 1. The molecule has 0 saturated heterocycles. The van der Waals surface area contributed by atoms with E-state index in [2.05, 4.69) is 4.98 Å². The molecule has 6 heteroatoms. The van der Waals surface area contributed by atoms with Crippen molar-refractivity contribution in [1.29, 1.82) is 0 Å². The fourth-order valence-corrected chi connectivity index (χ4v) is 4.22. The summed E-state index contributed by atoms with van der Waals surface area (Å²) in [6.07, 6.45) is 0. The van der Waals surface area contributed by atoms with Crippen LogP contribution in [0.5, 0.6) is 0 Å². The summed E-state index contributed by atoms with van der Waals surface area (Å²) in [5.74, 6) is -2.06. The van der Waals surface area contributed by atoms with Crippen LogP contribution in [0.3, 0.4) is 0 Å². The van der Waals surface area contributed by atoms with Gasteiger partial charge in [-0.1, -0.05) is 48.0 Å². The van der Waals surface area contributed by atoms with Gasteiger partial charge in [0.1, 0.15) is 0 Å². The average Bonchev–Trinajstić information content (AvgIpc) is 3.34. The van der Waals surface area contributed by atoms with Crippen molar-refractivity contribution in [2.45, 2.75) is 12.8 Å². The second kappa shape index (κ2) is 7.26. The van der Waals surface area contributed by atoms with Crippen LogP contribution < -0.4 is 0 Å². The Labute approximate surface area is 170 Å². The number of hydrogen-bond donors (Lipinski definition) is 2. The zero-order chi connectivity index (χ0) is 19.8. The largest absolute Gasteiger partial charge is 0.481 e. The number of thiophene rings is 1. The molecule has 0 saturated carbocycles. The molecule has 0 radical (unpaired) electrons. The number of hydrogen-bond acceptors (Lipinski definition) is 3. The first-order chi connectivity index (χ1) is 13.5. The second-order valence-corrected chi connectivity index (χ2v) is 7.93. The van der Waals surface area contributed by atoms with Gasteiger partial charge in [0.25, 0.3) is 0 Å². The Balaban J connectivity index is 1.80. The molecule has 140 valence electrons. The molecule has 0 aliphatic heterocycles. The van der Waals surface area contributed by atoms with Crippen LogP contribution in [0.1, 0.15) is 34.5 Å². The Kier molecular flexibility index (Phi) is 4.79. The third-order valence-electron chi connectivity index (χ3n) is 4.78. The van der Waals surface area contributed by atoms with Crippen molar-refractivity contribution in [3.05, 3.63) is 81.8 Å². The zero-order valence-electron chi connectivity index (χ0n) is 14.9. The van der Waals surface area contributed by atoms with Crippen molar-refractivity contribution >= 4 is 45.6 Å². The molecule has 0 spiro atoms. The smallest absolute Gasteiger partial charge is 0.310 e. The van der Waals surface area contributed by atoms with Gasteiger partial charge >= 0.3 is 5.97 Å². The minimum Gasteiger partial charge on any atom is -0.481 e. The van der Waals surface area contributed by atoms with E-state index >= 15 is 0 Å². The third-order valence-corrected chi connectivity index (χ3v) is 5.94. The summed E-state index contributed by atoms with van der Waals surface area (Å²) in [5.41, 5.74) is 2.95. The summed E-state index contributed by atoms with van der Waals surface area (Å²) in [6.45, 7) is 1.58. The quantitative estimate of drug-likeness (QED) is 0.399. The van der Waals surface area contributed by atoms with Gasteiger partial charge in [-0.05, 0) is 36.1 Å². The van der Waals surface area contributed by atoms with Gasteiger partial charge in [0, 0.05) is 31.9 Å². The van der Waals surface area contributed by atoms with Crippen LogP contribution >= 0.6 is 22.9 Å². The molecule has 2 aromatic heterocycles. The van der Waals surface area contributed by atoms with Crippen molar-refractivity contribution in [2.75, 3.05) is 0 Å². The maximum absolute atomic E-state index is 13.2. The monoisotopic (exact) mass is 409 g/mol. The summed E-state index contributed by atoms with van der Waals surface area (Å²) in [4.78, 5) is 29.0. The van der Waals surface area contributed by atoms with Gasteiger partial charge in [0.05, 0.1) is 11.6 Å². The summed E-state index contributed by atoms with van der Waals surface area (Å²) in [7, 11) is 0. The lowest BCUT2D eigenvalue weighted by Crippen LogP contribution is -2.12. The normalized spacial score (nSPS) is 12.2. The molecular formula is C22H16ClNO3S. The molecule has 1 unspecified atom stereocenters. The van der Waals surface area contributed by atoms with E-state index in [-0.39, 0.29) is 11.5 Å². The van der Waals surface area contributed by atoms with E-state index in [0.29, 0.717) is 27.1 Å². The van der Waals surface area contributed by atoms with Crippen molar-refractivity contribution in [3.63, 3.8) is 0 Å². The van der Waals surface area contributed by atoms with Gasteiger partial charge in [0.2, 0.25) is 5.78 Å². The number of aromatic amines is 1. The summed E-state index contributed by atoms with van der Waals surface area (Å²) < 4.78 is 0. The highest BCUT2D eigenvalue weighted by Crippen LogP contribution is 2.33. The SMILES string of the molecule is CC(C(=O)O)c1c(C(=O)c2ccc(-c3cccs3)cc2)[nH]c2cc(Cl)ccc12. The molecule has 4 rings (SSSR count). The standard InChI is InChI=1S/C22H16ClNO3S/c1-12(22(26)27)19-16-9-8-15(23)11-17(16)24-20(19)21(25)14-6-4-13(5-7-14)18-3-2-10-28-18/h2-12,24H,1H3,(H,26,27). The van der Waals surface area contributed by atoms with Crippen molar-refractivity contribution < 1.29 is 14.7 Å². The molecule has 2 heterocycles. The Morgan fingerprint density at radius 1 is 1.11 bits per heavy atom. The van der Waals surface area contributed by atoms with Crippen LogP contribution in [-0.4, -0.2) is 21.8 Å². The predicted octanol–water partition coefficient (Wildman–Crippen LogP) is 5.97. The maximum atomic E-state index is 13.2. The first-order valence-electron chi connectivity index (χ1n) is 8.68. The van der Waals surface area contributed by atoms with Gasteiger partial charge in [-0.15, -0.1) is 11.3 Å². The van der Waals surface area contributed by atoms with Crippen LogP contribution in [0.4, 0.5) is 0 Å². The van der Waals surface area contributed by atoms with Gasteiger partial charge in [0.15, 0.2) is 0 Å². The van der Waals surface area contributed by atoms with Gasteiger partial charge in [-0.25, -0.2) is 0 Å². The number of rotatable bonds is 5. The van der Waals surface area contributed by atoms with E-state index in [9.17, 15) is 14.7 Å². The second-order valence-electron chi connectivity index (χ2n) is 6.55. The predicted molar refractivity (Wildman–Crippen MR) is 113 cm³/mol. The van der Waals surface area contributed by atoms with Crippen LogP contribution in [0.25, 0.3) is 21.3 Å². The number of halogens is 1. The molecule has 0 fully saturated rings.